The largest absolute Gasteiger partial charge is 0.361 e. The number of ketones is 1. The first-order valence-corrected chi connectivity index (χ1v) is 5.41. The molecule has 1 rings (SSSR count). The summed E-state index contributed by atoms with van der Waals surface area (Å²) in [7, 11) is 0. The van der Waals surface area contributed by atoms with Gasteiger partial charge in [0.2, 0.25) is 5.78 Å². The van der Waals surface area contributed by atoms with Gasteiger partial charge in [0.15, 0.2) is 0 Å². The van der Waals surface area contributed by atoms with Crippen molar-refractivity contribution < 1.29 is 9.58 Å². The molecule has 0 amide bonds. The summed E-state index contributed by atoms with van der Waals surface area (Å²) in [6, 6.07) is 9.98. The van der Waals surface area contributed by atoms with Crippen LogP contribution in [0.2, 0.25) is 0 Å². The van der Waals surface area contributed by atoms with E-state index in [2.05, 4.69) is 4.79 Å². The molecule has 3 heteroatoms. The van der Waals surface area contributed by atoms with E-state index in [0.717, 1.165) is 11.8 Å². The Labute approximate surface area is 101 Å². The number of allylic oxidation sites excluding steroid dienone is 3. The zero-order valence-corrected chi connectivity index (χ0v) is 9.49. The van der Waals surface area contributed by atoms with E-state index in [-0.39, 0.29) is 5.78 Å². The van der Waals surface area contributed by atoms with Crippen LogP contribution in [-0.4, -0.2) is 16.8 Å². The summed E-state index contributed by atoms with van der Waals surface area (Å²) in [6.07, 6.45) is 9.66. The van der Waals surface area contributed by atoms with Gasteiger partial charge in [-0.25, -0.2) is 0 Å². The van der Waals surface area contributed by atoms with E-state index in [1.54, 1.807) is 0 Å². The van der Waals surface area contributed by atoms with E-state index < -0.39 is 0 Å². The summed E-state index contributed by atoms with van der Waals surface area (Å²) in [4.78, 5) is 13.6. The van der Waals surface area contributed by atoms with Crippen molar-refractivity contribution >= 4 is 18.1 Å². The molecule has 0 N–H and O–H groups in total. The van der Waals surface area contributed by atoms with Gasteiger partial charge in [-0.3, -0.25) is 4.79 Å². The topological polar surface area (TPSA) is 53.5 Å². The number of hydrogen-bond donors (Lipinski definition) is 0. The molecule has 0 saturated heterocycles. The number of carbonyl (C=O) groups excluding carboxylic acids is 1. The van der Waals surface area contributed by atoms with E-state index in [0.29, 0.717) is 12.8 Å². The van der Waals surface area contributed by atoms with Gasteiger partial charge in [-0.1, -0.05) is 54.6 Å². The molecular formula is C14H14N2O. The van der Waals surface area contributed by atoms with E-state index in [4.69, 9.17) is 5.53 Å². The molecule has 3 nitrogen and oxygen atoms in total. The van der Waals surface area contributed by atoms with Crippen molar-refractivity contribution in [2.45, 2.75) is 12.8 Å². The fourth-order valence-corrected chi connectivity index (χ4v) is 1.26. The smallest absolute Gasteiger partial charge is 0.323 e. The SMILES string of the molecule is [N-]=[N+]=CC(=O)CC/C=C/C=C/c1ccccc1. The van der Waals surface area contributed by atoms with Gasteiger partial charge in [-0.2, -0.15) is 4.79 Å². The highest BCUT2D eigenvalue weighted by Gasteiger charge is 1.98. The lowest BCUT2D eigenvalue weighted by atomic mass is 10.2. The minimum absolute atomic E-state index is 0.177. The standard InChI is InChI=1S/C14H14N2O/c15-16-12-14(17)11-7-2-1-4-8-13-9-5-3-6-10-13/h1-6,8-10,12H,7,11H2/b2-1+,8-4+. The summed E-state index contributed by atoms with van der Waals surface area (Å²) in [6.45, 7) is 0. The summed E-state index contributed by atoms with van der Waals surface area (Å²) in [5.74, 6) is -0.177. The van der Waals surface area contributed by atoms with Gasteiger partial charge in [0, 0.05) is 6.42 Å². The first-order valence-electron chi connectivity index (χ1n) is 5.41. The maximum atomic E-state index is 10.9. The Morgan fingerprint density at radius 3 is 2.71 bits per heavy atom. The molecule has 17 heavy (non-hydrogen) atoms. The molecule has 1 aromatic carbocycles. The molecule has 0 aromatic heterocycles. The minimum Gasteiger partial charge on any atom is -0.361 e. The van der Waals surface area contributed by atoms with Crippen LogP contribution in [0.15, 0.2) is 48.6 Å². The minimum atomic E-state index is -0.177. The van der Waals surface area contributed by atoms with Gasteiger partial charge in [0.05, 0.1) is 0 Å². The predicted octanol–water partition coefficient (Wildman–Crippen LogP) is 2.91. The number of nitrogens with zero attached hydrogens (tertiary/aromatic N) is 2. The van der Waals surface area contributed by atoms with Crippen LogP contribution < -0.4 is 0 Å². The normalized spacial score (nSPS) is 10.6. The molecule has 0 bridgehead atoms. The first-order chi connectivity index (χ1) is 8.33. The van der Waals surface area contributed by atoms with Crippen LogP contribution in [0.5, 0.6) is 0 Å². The molecule has 0 aliphatic rings. The third kappa shape index (κ3) is 6.03. The molecule has 0 aliphatic heterocycles. The zero-order chi connectivity index (χ0) is 12.3. The number of benzene rings is 1. The Bertz CT molecular complexity index is 454. The zero-order valence-electron chi connectivity index (χ0n) is 9.49. The Balaban J connectivity index is 2.29. The maximum absolute atomic E-state index is 10.9. The Hall–Kier alpha value is -2.25. The number of rotatable bonds is 6. The second kappa shape index (κ2) is 7.97. The molecule has 1 aromatic rings. The van der Waals surface area contributed by atoms with E-state index in [1.165, 1.54) is 0 Å². The highest BCUT2D eigenvalue weighted by molar-refractivity contribution is 6.25. The molecular weight excluding hydrogens is 212 g/mol. The highest BCUT2D eigenvalue weighted by Crippen LogP contribution is 2.01. The van der Waals surface area contributed by atoms with Crippen LogP contribution in [0.3, 0.4) is 0 Å². The Morgan fingerprint density at radius 1 is 1.24 bits per heavy atom. The van der Waals surface area contributed by atoms with Gasteiger partial charge in [0.1, 0.15) is 0 Å². The van der Waals surface area contributed by atoms with Crippen molar-refractivity contribution in [3.63, 3.8) is 0 Å². The highest BCUT2D eigenvalue weighted by atomic mass is 16.1. The molecule has 0 atom stereocenters. The van der Waals surface area contributed by atoms with Gasteiger partial charge in [-0.05, 0) is 12.0 Å². The lowest BCUT2D eigenvalue weighted by molar-refractivity contribution is -0.116. The molecule has 0 unspecified atom stereocenters. The lowest BCUT2D eigenvalue weighted by Crippen LogP contribution is -1.97. The maximum Gasteiger partial charge on any atom is 0.323 e. The second-order valence-corrected chi connectivity index (χ2v) is 3.45. The molecule has 0 radical (unpaired) electrons. The second-order valence-electron chi connectivity index (χ2n) is 3.45. The fraction of sp³-hybridized carbons (Fsp3) is 0.143. The van der Waals surface area contributed by atoms with Crippen LogP contribution >= 0.6 is 0 Å². The van der Waals surface area contributed by atoms with E-state index in [9.17, 15) is 4.79 Å². The van der Waals surface area contributed by atoms with Gasteiger partial charge in [0.25, 0.3) is 0 Å². The quantitative estimate of drug-likeness (QED) is 0.318. The summed E-state index contributed by atoms with van der Waals surface area (Å²) < 4.78 is 0. The molecule has 0 heterocycles. The fourth-order valence-electron chi connectivity index (χ4n) is 1.26. The summed E-state index contributed by atoms with van der Waals surface area (Å²) in [5, 5.41) is 0. The van der Waals surface area contributed by atoms with Crippen molar-refractivity contribution in [1.29, 1.82) is 0 Å². The van der Waals surface area contributed by atoms with Crippen LogP contribution in [-0.2, 0) is 4.79 Å². The number of carbonyl (C=O) groups is 1. The molecule has 0 saturated carbocycles. The van der Waals surface area contributed by atoms with Crippen molar-refractivity contribution in [2.24, 2.45) is 0 Å². The van der Waals surface area contributed by atoms with Crippen molar-refractivity contribution in [2.75, 3.05) is 0 Å². The Kier molecular flexibility index (Phi) is 6.01. The van der Waals surface area contributed by atoms with Gasteiger partial charge >= 0.3 is 6.21 Å². The van der Waals surface area contributed by atoms with Gasteiger partial charge < -0.3 is 5.53 Å². The lowest BCUT2D eigenvalue weighted by Gasteiger charge is -1.88. The molecule has 86 valence electrons. The van der Waals surface area contributed by atoms with Crippen LogP contribution in [0, 0.1) is 0 Å². The van der Waals surface area contributed by atoms with Gasteiger partial charge in [-0.15, -0.1) is 0 Å². The summed E-state index contributed by atoms with van der Waals surface area (Å²) in [5.41, 5.74) is 9.26. The average molecular weight is 226 g/mol. The van der Waals surface area contributed by atoms with Crippen LogP contribution in [0.1, 0.15) is 18.4 Å². The molecule has 0 spiro atoms. The average Bonchev–Trinajstić information content (AvgIpc) is 2.35. The van der Waals surface area contributed by atoms with Crippen molar-refractivity contribution in [3.8, 4) is 0 Å². The molecule has 0 fully saturated rings. The Morgan fingerprint density at radius 2 is 2.00 bits per heavy atom. The first kappa shape index (κ1) is 12.8. The van der Waals surface area contributed by atoms with Crippen LogP contribution in [0.25, 0.3) is 11.6 Å². The number of Topliss-reactive ketones (excluding diaryl/α,β-unsaturated/α-hetero) is 1. The number of hydrogen-bond acceptors (Lipinski definition) is 1. The summed E-state index contributed by atoms with van der Waals surface area (Å²) >= 11 is 0. The van der Waals surface area contributed by atoms with E-state index in [1.807, 2.05) is 54.6 Å². The molecule has 0 aliphatic carbocycles. The van der Waals surface area contributed by atoms with Crippen molar-refractivity contribution in [1.82, 2.24) is 0 Å². The predicted molar refractivity (Wildman–Crippen MR) is 68.5 cm³/mol. The third-order valence-corrected chi connectivity index (χ3v) is 2.09. The van der Waals surface area contributed by atoms with E-state index >= 15 is 0 Å². The van der Waals surface area contributed by atoms with Crippen molar-refractivity contribution in [3.05, 3.63) is 59.7 Å². The van der Waals surface area contributed by atoms with Crippen LogP contribution in [0.4, 0.5) is 0 Å². The third-order valence-electron chi connectivity index (χ3n) is 2.09. The monoisotopic (exact) mass is 226 g/mol.